The highest BCUT2D eigenvalue weighted by Gasteiger charge is 2.19. The average Bonchev–Trinajstić information content (AvgIpc) is 2.68. The van der Waals surface area contributed by atoms with Crippen molar-refractivity contribution in [2.45, 2.75) is 39.2 Å². The lowest BCUT2D eigenvalue weighted by Crippen LogP contribution is -2.32. The first-order valence-electron chi connectivity index (χ1n) is 9.03. The summed E-state index contributed by atoms with van der Waals surface area (Å²) in [5, 5.41) is 2.75. The first kappa shape index (κ1) is 20.4. The molecule has 0 saturated carbocycles. The van der Waals surface area contributed by atoms with Crippen LogP contribution in [0.4, 0.5) is 10.1 Å². The number of hydrogen-bond acceptors (Lipinski definition) is 4. The number of carbonyl (C=O) groups excluding carboxylic acids is 2. The number of amides is 1. The Morgan fingerprint density at radius 3 is 2.30 bits per heavy atom. The summed E-state index contributed by atoms with van der Waals surface area (Å²) < 4.78 is 23.7. The molecule has 27 heavy (non-hydrogen) atoms. The first-order valence-corrected chi connectivity index (χ1v) is 9.03. The van der Waals surface area contributed by atoms with Crippen molar-refractivity contribution < 1.29 is 23.5 Å². The van der Waals surface area contributed by atoms with Crippen molar-refractivity contribution in [3.8, 4) is 5.75 Å². The Labute approximate surface area is 158 Å². The van der Waals surface area contributed by atoms with Crippen LogP contribution < -0.4 is 10.1 Å². The van der Waals surface area contributed by atoms with E-state index in [1.807, 2.05) is 13.8 Å². The molecule has 6 heteroatoms. The Bertz CT molecular complexity index is 744. The monoisotopic (exact) mass is 373 g/mol. The van der Waals surface area contributed by atoms with Crippen LogP contribution in [-0.4, -0.2) is 24.6 Å². The molecule has 0 aliphatic rings. The molecule has 0 aromatic heterocycles. The van der Waals surface area contributed by atoms with Crippen LogP contribution in [0, 0.1) is 5.82 Å². The molecule has 0 aliphatic carbocycles. The van der Waals surface area contributed by atoms with E-state index in [9.17, 15) is 14.0 Å². The molecule has 2 aromatic rings. The SMILES string of the molecule is CCCCOC(=O)c1ccc(NC(=O)[C@H](CC)Oc2ccc(F)cc2)cc1. The van der Waals surface area contributed by atoms with E-state index in [0.29, 0.717) is 30.0 Å². The van der Waals surface area contributed by atoms with Gasteiger partial charge in [0.25, 0.3) is 5.91 Å². The van der Waals surface area contributed by atoms with Gasteiger partial charge < -0.3 is 14.8 Å². The Kier molecular flexibility index (Phi) is 7.79. The van der Waals surface area contributed by atoms with Crippen molar-refractivity contribution in [3.05, 3.63) is 59.9 Å². The summed E-state index contributed by atoms with van der Waals surface area (Å²) in [6.45, 7) is 4.24. The Morgan fingerprint density at radius 1 is 1.04 bits per heavy atom. The summed E-state index contributed by atoms with van der Waals surface area (Å²) in [5.41, 5.74) is 0.977. The second kappa shape index (κ2) is 10.3. The maximum absolute atomic E-state index is 13.0. The Balaban J connectivity index is 1.93. The average molecular weight is 373 g/mol. The molecule has 0 saturated heterocycles. The number of ether oxygens (including phenoxy) is 2. The zero-order valence-corrected chi connectivity index (χ0v) is 15.5. The number of hydrogen-bond donors (Lipinski definition) is 1. The number of benzene rings is 2. The fourth-order valence-corrected chi connectivity index (χ4v) is 2.30. The molecule has 0 heterocycles. The van der Waals surface area contributed by atoms with Crippen molar-refractivity contribution in [3.63, 3.8) is 0 Å². The Morgan fingerprint density at radius 2 is 1.70 bits per heavy atom. The third-order valence-corrected chi connectivity index (χ3v) is 3.87. The minimum Gasteiger partial charge on any atom is -0.481 e. The number of nitrogens with one attached hydrogen (secondary N) is 1. The number of unbranched alkanes of at least 4 members (excludes halogenated alkanes) is 1. The highest BCUT2D eigenvalue weighted by atomic mass is 19.1. The molecular weight excluding hydrogens is 349 g/mol. The summed E-state index contributed by atoms with van der Waals surface area (Å²) in [6, 6.07) is 12.0. The predicted molar refractivity (Wildman–Crippen MR) is 101 cm³/mol. The molecular formula is C21H24FNO4. The molecule has 5 nitrogen and oxygen atoms in total. The summed E-state index contributed by atoms with van der Waals surface area (Å²) in [6.07, 6.45) is 1.52. The molecule has 1 atom stereocenters. The van der Waals surface area contributed by atoms with Gasteiger partial charge in [-0.25, -0.2) is 9.18 Å². The van der Waals surface area contributed by atoms with E-state index in [1.54, 1.807) is 24.3 Å². The van der Waals surface area contributed by atoms with Crippen molar-refractivity contribution in [2.75, 3.05) is 11.9 Å². The quantitative estimate of drug-likeness (QED) is 0.516. The topological polar surface area (TPSA) is 64.6 Å². The second-order valence-corrected chi connectivity index (χ2v) is 6.02. The van der Waals surface area contributed by atoms with E-state index in [4.69, 9.17) is 9.47 Å². The van der Waals surface area contributed by atoms with Crippen LogP contribution in [0.15, 0.2) is 48.5 Å². The molecule has 0 radical (unpaired) electrons. The van der Waals surface area contributed by atoms with Gasteiger partial charge in [0.2, 0.25) is 0 Å². The van der Waals surface area contributed by atoms with E-state index in [2.05, 4.69) is 5.32 Å². The molecule has 144 valence electrons. The third-order valence-electron chi connectivity index (χ3n) is 3.87. The Hall–Kier alpha value is -2.89. The lowest BCUT2D eigenvalue weighted by atomic mass is 10.2. The highest BCUT2D eigenvalue weighted by Crippen LogP contribution is 2.16. The minimum absolute atomic E-state index is 0.319. The fourth-order valence-electron chi connectivity index (χ4n) is 2.30. The van der Waals surface area contributed by atoms with Crippen LogP contribution in [0.5, 0.6) is 5.75 Å². The van der Waals surface area contributed by atoms with Gasteiger partial charge in [0.05, 0.1) is 12.2 Å². The van der Waals surface area contributed by atoms with Gasteiger partial charge in [-0.05, 0) is 61.4 Å². The van der Waals surface area contributed by atoms with Crippen LogP contribution >= 0.6 is 0 Å². The number of rotatable bonds is 9. The fraction of sp³-hybridized carbons (Fsp3) is 0.333. The highest BCUT2D eigenvalue weighted by molar-refractivity contribution is 5.95. The van der Waals surface area contributed by atoms with Gasteiger partial charge in [-0.2, -0.15) is 0 Å². The summed E-state index contributed by atoms with van der Waals surface area (Å²) >= 11 is 0. The molecule has 0 bridgehead atoms. The van der Waals surface area contributed by atoms with E-state index >= 15 is 0 Å². The summed E-state index contributed by atoms with van der Waals surface area (Å²) in [7, 11) is 0. The van der Waals surface area contributed by atoms with Crippen molar-refractivity contribution in [1.29, 1.82) is 0 Å². The number of anilines is 1. The van der Waals surface area contributed by atoms with Crippen molar-refractivity contribution >= 4 is 17.6 Å². The number of esters is 1. The lowest BCUT2D eigenvalue weighted by Gasteiger charge is -2.17. The minimum atomic E-state index is -0.714. The van der Waals surface area contributed by atoms with Gasteiger partial charge in [-0.15, -0.1) is 0 Å². The zero-order chi connectivity index (χ0) is 19.6. The lowest BCUT2D eigenvalue weighted by molar-refractivity contribution is -0.122. The predicted octanol–water partition coefficient (Wildman–Crippen LogP) is 4.58. The first-order chi connectivity index (χ1) is 13.0. The smallest absolute Gasteiger partial charge is 0.338 e. The molecule has 0 aliphatic heterocycles. The largest absolute Gasteiger partial charge is 0.481 e. The second-order valence-electron chi connectivity index (χ2n) is 6.02. The normalized spacial score (nSPS) is 11.5. The van der Waals surface area contributed by atoms with Gasteiger partial charge in [-0.3, -0.25) is 4.79 Å². The van der Waals surface area contributed by atoms with Crippen molar-refractivity contribution in [2.24, 2.45) is 0 Å². The van der Waals surface area contributed by atoms with Crippen LogP contribution in [0.25, 0.3) is 0 Å². The molecule has 2 aromatic carbocycles. The molecule has 2 rings (SSSR count). The molecule has 1 N–H and O–H groups in total. The van der Waals surface area contributed by atoms with E-state index in [-0.39, 0.29) is 17.7 Å². The number of halogens is 1. The third kappa shape index (κ3) is 6.40. The van der Waals surface area contributed by atoms with Gasteiger partial charge in [0.15, 0.2) is 6.10 Å². The van der Waals surface area contributed by atoms with Gasteiger partial charge in [0.1, 0.15) is 11.6 Å². The summed E-state index contributed by atoms with van der Waals surface area (Å²) in [4.78, 5) is 24.3. The van der Waals surface area contributed by atoms with Crippen LogP contribution in [0.2, 0.25) is 0 Å². The molecule has 0 fully saturated rings. The van der Waals surface area contributed by atoms with E-state index < -0.39 is 6.10 Å². The van der Waals surface area contributed by atoms with Crippen LogP contribution in [-0.2, 0) is 9.53 Å². The molecule has 0 unspecified atom stereocenters. The van der Waals surface area contributed by atoms with E-state index in [1.165, 1.54) is 24.3 Å². The maximum Gasteiger partial charge on any atom is 0.338 e. The van der Waals surface area contributed by atoms with Gasteiger partial charge in [0, 0.05) is 5.69 Å². The van der Waals surface area contributed by atoms with E-state index in [0.717, 1.165) is 12.8 Å². The standard InChI is InChI=1S/C21H24FNO4/c1-3-5-14-26-21(25)15-6-10-17(11-7-15)23-20(24)19(4-2)27-18-12-8-16(22)9-13-18/h6-13,19H,3-5,14H2,1-2H3,(H,23,24)/t19-/m0/s1. The maximum atomic E-state index is 13.0. The number of carbonyl (C=O) groups is 2. The van der Waals surface area contributed by atoms with Crippen LogP contribution in [0.1, 0.15) is 43.5 Å². The van der Waals surface area contributed by atoms with Gasteiger partial charge in [-0.1, -0.05) is 20.3 Å². The molecule has 1 amide bonds. The van der Waals surface area contributed by atoms with Crippen molar-refractivity contribution in [1.82, 2.24) is 0 Å². The summed E-state index contributed by atoms with van der Waals surface area (Å²) in [5.74, 6) is -0.649. The zero-order valence-electron chi connectivity index (χ0n) is 15.5. The van der Waals surface area contributed by atoms with Crippen LogP contribution in [0.3, 0.4) is 0 Å². The molecule has 0 spiro atoms. The van der Waals surface area contributed by atoms with Gasteiger partial charge >= 0.3 is 5.97 Å².